The molecule has 0 spiro atoms. The van der Waals surface area contributed by atoms with E-state index in [9.17, 15) is 0 Å². The van der Waals surface area contributed by atoms with Crippen molar-refractivity contribution in [2.24, 2.45) is 17.8 Å². The minimum Gasteiger partial charge on any atom is -0.378 e. The van der Waals surface area contributed by atoms with E-state index in [1.807, 2.05) is 0 Å². The maximum absolute atomic E-state index is 5.75. The quantitative estimate of drug-likeness (QED) is 0.757. The highest BCUT2D eigenvalue weighted by Gasteiger charge is 2.42. The van der Waals surface area contributed by atoms with Gasteiger partial charge in [0.25, 0.3) is 0 Å². The largest absolute Gasteiger partial charge is 0.378 e. The lowest BCUT2D eigenvalue weighted by molar-refractivity contribution is 0.0996. The van der Waals surface area contributed by atoms with Gasteiger partial charge >= 0.3 is 0 Å². The molecule has 1 N–H and O–H groups in total. The first-order chi connectivity index (χ1) is 9.36. The zero-order valence-electron chi connectivity index (χ0n) is 12.6. The van der Waals surface area contributed by atoms with Crippen LogP contribution in [0.5, 0.6) is 0 Å². The van der Waals surface area contributed by atoms with E-state index < -0.39 is 0 Å². The Labute approximate surface area is 118 Å². The van der Waals surface area contributed by atoms with Crippen LogP contribution in [0.1, 0.15) is 64.7 Å². The summed E-state index contributed by atoms with van der Waals surface area (Å²) in [5.74, 6) is 3.12. The Morgan fingerprint density at radius 1 is 1.21 bits per heavy atom. The van der Waals surface area contributed by atoms with Gasteiger partial charge in [0.1, 0.15) is 0 Å². The van der Waals surface area contributed by atoms with E-state index in [1.54, 1.807) is 0 Å². The molecule has 2 bridgehead atoms. The van der Waals surface area contributed by atoms with Crippen molar-refractivity contribution in [3.63, 3.8) is 0 Å². The molecule has 2 aliphatic carbocycles. The van der Waals surface area contributed by atoms with E-state index in [0.717, 1.165) is 36.9 Å². The third kappa shape index (κ3) is 3.33. The van der Waals surface area contributed by atoms with Crippen LogP contribution in [0.2, 0.25) is 0 Å². The van der Waals surface area contributed by atoms with E-state index in [-0.39, 0.29) is 0 Å². The van der Waals surface area contributed by atoms with Crippen molar-refractivity contribution in [3.05, 3.63) is 0 Å². The van der Waals surface area contributed by atoms with Crippen molar-refractivity contribution in [2.75, 3.05) is 13.2 Å². The molecule has 19 heavy (non-hydrogen) atoms. The topological polar surface area (TPSA) is 21.3 Å². The highest BCUT2D eigenvalue weighted by molar-refractivity contribution is 4.95. The van der Waals surface area contributed by atoms with Gasteiger partial charge in [-0.25, -0.2) is 0 Å². The normalized spacial score (nSPS) is 39.0. The lowest BCUT2D eigenvalue weighted by Crippen LogP contribution is -2.38. The summed E-state index contributed by atoms with van der Waals surface area (Å²) in [6, 6.07) is 0.793. The Hall–Kier alpha value is -0.0800. The Balaban J connectivity index is 1.44. The molecule has 2 nitrogen and oxygen atoms in total. The maximum atomic E-state index is 5.75. The zero-order chi connectivity index (χ0) is 13.1. The standard InChI is InChI=1S/C17H31NO/c1-2-18-17(7-3-5-15-6-4-10-19-15)16-12-13-8-9-14(16)11-13/h13-18H,2-12H2,1H3. The molecule has 3 fully saturated rings. The second-order valence-electron chi connectivity index (χ2n) is 7.07. The number of hydrogen-bond donors (Lipinski definition) is 1. The van der Waals surface area contributed by atoms with Crippen LogP contribution in [-0.2, 0) is 4.74 Å². The number of fused-ring (bicyclic) bond motifs is 2. The van der Waals surface area contributed by atoms with Gasteiger partial charge in [-0.05, 0) is 75.7 Å². The molecule has 0 radical (unpaired) electrons. The van der Waals surface area contributed by atoms with Gasteiger partial charge in [0.15, 0.2) is 0 Å². The van der Waals surface area contributed by atoms with E-state index in [4.69, 9.17) is 4.74 Å². The fraction of sp³-hybridized carbons (Fsp3) is 1.00. The first-order valence-corrected chi connectivity index (χ1v) is 8.71. The van der Waals surface area contributed by atoms with Crippen LogP contribution >= 0.6 is 0 Å². The Morgan fingerprint density at radius 2 is 2.16 bits per heavy atom. The summed E-state index contributed by atoms with van der Waals surface area (Å²) in [5.41, 5.74) is 0. The van der Waals surface area contributed by atoms with Gasteiger partial charge in [0.2, 0.25) is 0 Å². The average Bonchev–Trinajstić information content (AvgIpc) is 3.15. The van der Waals surface area contributed by atoms with Crippen LogP contribution in [0.3, 0.4) is 0 Å². The average molecular weight is 265 g/mol. The summed E-state index contributed by atoms with van der Waals surface area (Å²) < 4.78 is 5.75. The Kier molecular flexibility index (Phi) is 4.81. The second-order valence-corrected chi connectivity index (χ2v) is 7.07. The van der Waals surface area contributed by atoms with Gasteiger partial charge in [-0.1, -0.05) is 13.3 Å². The minimum absolute atomic E-state index is 0.585. The fourth-order valence-corrected chi connectivity index (χ4v) is 4.95. The summed E-state index contributed by atoms with van der Waals surface area (Å²) in [7, 11) is 0. The van der Waals surface area contributed by atoms with Crippen molar-refractivity contribution in [1.82, 2.24) is 5.32 Å². The molecule has 1 saturated heterocycles. The monoisotopic (exact) mass is 265 g/mol. The molecule has 110 valence electrons. The van der Waals surface area contributed by atoms with Crippen molar-refractivity contribution in [3.8, 4) is 0 Å². The first-order valence-electron chi connectivity index (χ1n) is 8.71. The van der Waals surface area contributed by atoms with Crippen LogP contribution in [0, 0.1) is 17.8 Å². The Bertz CT molecular complexity index is 274. The molecule has 0 amide bonds. The molecular formula is C17H31NO. The minimum atomic E-state index is 0.585. The van der Waals surface area contributed by atoms with Crippen molar-refractivity contribution in [2.45, 2.75) is 76.9 Å². The van der Waals surface area contributed by atoms with Gasteiger partial charge in [-0.2, -0.15) is 0 Å². The molecular weight excluding hydrogens is 234 g/mol. The molecule has 5 unspecified atom stereocenters. The first kappa shape index (κ1) is 13.9. The van der Waals surface area contributed by atoms with Crippen LogP contribution < -0.4 is 5.32 Å². The third-order valence-electron chi connectivity index (χ3n) is 5.84. The predicted molar refractivity (Wildman–Crippen MR) is 79.2 cm³/mol. The summed E-state index contributed by atoms with van der Waals surface area (Å²) in [4.78, 5) is 0. The van der Waals surface area contributed by atoms with E-state index in [2.05, 4.69) is 12.2 Å². The highest BCUT2D eigenvalue weighted by Crippen LogP contribution is 2.50. The lowest BCUT2D eigenvalue weighted by atomic mass is 9.81. The lowest BCUT2D eigenvalue weighted by Gasteiger charge is -2.31. The van der Waals surface area contributed by atoms with Crippen LogP contribution in [0.25, 0.3) is 0 Å². The smallest absolute Gasteiger partial charge is 0.0576 e. The SMILES string of the molecule is CCNC(CCCC1CCCO1)C1CC2CCC1C2. The van der Waals surface area contributed by atoms with Crippen LogP contribution in [-0.4, -0.2) is 25.3 Å². The Morgan fingerprint density at radius 3 is 2.79 bits per heavy atom. The van der Waals surface area contributed by atoms with E-state index in [1.165, 1.54) is 57.8 Å². The molecule has 2 saturated carbocycles. The molecule has 0 aromatic rings. The second kappa shape index (κ2) is 6.58. The van der Waals surface area contributed by atoms with Crippen molar-refractivity contribution >= 4 is 0 Å². The van der Waals surface area contributed by atoms with Gasteiger partial charge in [0, 0.05) is 12.6 Å². The highest BCUT2D eigenvalue weighted by atomic mass is 16.5. The van der Waals surface area contributed by atoms with Crippen molar-refractivity contribution in [1.29, 1.82) is 0 Å². The number of ether oxygens (including phenoxy) is 1. The molecule has 1 aliphatic heterocycles. The fourth-order valence-electron chi connectivity index (χ4n) is 4.95. The molecule has 5 atom stereocenters. The third-order valence-corrected chi connectivity index (χ3v) is 5.84. The molecule has 2 heteroatoms. The zero-order valence-corrected chi connectivity index (χ0v) is 12.6. The molecule has 1 heterocycles. The summed E-state index contributed by atoms with van der Waals surface area (Å²) in [5, 5.41) is 3.79. The molecule has 0 aromatic heterocycles. The number of rotatable bonds is 7. The summed E-state index contributed by atoms with van der Waals surface area (Å²) in [6.07, 6.45) is 13.3. The molecule has 3 rings (SSSR count). The van der Waals surface area contributed by atoms with E-state index >= 15 is 0 Å². The van der Waals surface area contributed by atoms with Crippen molar-refractivity contribution < 1.29 is 4.74 Å². The van der Waals surface area contributed by atoms with E-state index in [0.29, 0.717) is 6.10 Å². The molecule has 3 aliphatic rings. The van der Waals surface area contributed by atoms with Crippen LogP contribution in [0.15, 0.2) is 0 Å². The van der Waals surface area contributed by atoms with Gasteiger partial charge in [-0.15, -0.1) is 0 Å². The summed E-state index contributed by atoms with van der Waals surface area (Å²) in [6.45, 7) is 4.41. The molecule has 0 aromatic carbocycles. The van der Waals surface area contributed by atoms with Crippen LogP contribution in [0.4, 0.5) is 0 Å². The number of nitrogens with one attached hydrogen (secondary N) is 1. The van der Waals surface area contributed by atoms with Gasteiger partial charge in [-0.3, -0.25) is 0 Å². The number of hydrogen-bond acceptors (Lipinski definition) is 2. The summed E-state index contributed by atoms with van der Waals surface area (Å²) >= 11 is 0. The van der Waals surface area contributed by atoms with Gasteiger partial charge in [0.05, 0.1) is 6.10 Å². The maximum Gasteiger partial charge on any atom is 0.0576 e. The van der Waals surface area contributed by atoms with Gasteiger partial charge < -0.3 is 10.1 Å². The predicted octanol–water partition coefficient (Wildman–Crippen LogP) is 3.75.